The lowest BCUT2D eigenvalue weighted by Crippen LogP contribution is -2.02. The van der Waals surface area contributed by atoms with Crippen molar-refractivity contribution in [1.29, 1.82) is 0 Å². The van der Waals surface area contributed by atoms with E-state index >= 15 is 0 Å². The third kappa shape index (κ3) is 2.84. The van der Waals surface area contributed by atoms with Crippen LogP contribution in [0.25, 0.3) is 5.78 Å². The van der Waals surface area contributed by atoms with Gasteiger partial charge in [0.1, 0.15) is 5.75 Å². The Balaban J connectivity index is 1.55. The van der Waals surface area contributed by atoms with E-state index in [1.54, 1.807) is 7.11 Å². The van der Waals surface area contributed by atoms with Crippen LogP contribution in [0.1, 0.15) is 35.7 Å². The number of nitrogens with one attached hydrogen (secondary N) is 1. The minimum absolute atomic E-state index is 0.607. The van der Waals surface area contributed by atoms with Gasteiger partial charge in [-0.25, -0.2) is 4.98 Å². The quantitative estimate of drug-likeness (QED) is 0.785. The predicted octanol–water partition coefficient (Wildman–Crippen LogP) is 2.93. The number of fused-ring (bicyclic) bond motifs is 1. The molecule has 0 unspecified atom stereocenters. The minimum atomic E-state index is 0.607. The summed E-state index contributed by atoms with van der Waals surface area (Å²) in [5.74, 6) is 2.74. The normalized spacial score (nSPS) is 14.2. The van der Waals surface area contributed by atoms with E-state index in [1.165, 1.54) is 18.5 Å². The number of anilines is 1. The summed E-state index contributed by atoms with van der Waals surface area (Å²) in [4.78, 5) is 8.98. The van der Waals surface area contributed by atoms with Gasteiger partial charge in [0, 0.05) is 18.2 Å². The predicted molar refractivity (Wildman–Crippen MR) is 87.8 cm³/mol. The number of hydrogen-bond acceptors (Lipinski definition) is 5. The molecule has 0 aliphatic heterocycles. The van der Waals surface area contributed by atoms with Crippen LogP contribution in [0.3, 0.4) is 0 Å². The lowest BCUT2D eigenvalue weighted by Gasteiger charge is -2.04. The highest BCUT2D eigenvalue weighted by Gasteiger charge is 2.27. The van der Waals surface area contributed by atoms with E-state index in [-0.39, 0.29) is 0 Å². The molecule has 2 aromatic heterocycles. The molecule has 23 heavy (non-hydrogen) atoms. The maximum Gasteiger partial charge on any atom is 0.254 e. The third-order valence-corrected chi connectivity index (χ3v) is 4.07. The van der Waals surface area contributed by atoms with Gasteiger partial charge in [0.05, 0.1) is 12.8 Å². The number of benzene rings is 1. The Morgan fingerprint density at radius 3 is 2.70 bits per heavy atom. The lowest BCUT2D eigenvalue weighted by molar-refractivity contribution is 0.414. The highest BCUT2D eigenvalue weighted by molar-refractivity contribution is 5.41. The molecule has 4 rings (SSSR count). The number of aromatic nitrogens is 4. The topological polar surface area (TPSA) is 64.3 Å². The van der Waals surface area contributed by atoms with Crippen molar-refractivity contribution in [3.63, 3.8) is 0 Å². The van der Waals surface area contributed by atoms with Crippen LogP contribution in [-0.4, -0.2) is 26.7 Å². The van der Waals surface area contributed by atoms with Crippen molar-refractivity contribution in [2.45, 2.75) is 32.2 Å². The Morgan fingerprint density at radius 1 is 1.22 bits per heavy atom. The van der Waals surface area contributed by atoms with Gasteiger partial charge in [0.25, 0.3) is 5.78 Å². The molecule has 0 saturated heterocycles. The maximum absolute atomic E-state index is 5.17. The molecule has 0 spiro atoms. The SMILES string of the molecule is COc1ccc(CNc2nc3nc(C)cc(C4CC4)n3n2)cc1. The highest BCUT2D eigenvalue weighted by Crippen LogP contribution is 2.40. The van der Waals surface area contributed by atoms with Crippen LogP contribution in [-0.2, 0) is 6.54 Å². The summed E-state index contributed by atoms with van der Waals surface area (Å²) < 4.78 is 7.04. The van der Waals surface area contributed by atoms with E-state index in [0.29, 0.717) is 24.2 Å². The van der Waals surface area contributed by atoms with E-state index in [9.17, 15) is 0 Å². The number of hydrogen-bond donors (Lipinski definition) is 1. The minimum Gasteiger partial charge on any atom is -0.497 e. The first kappa shape index (κ1) is 14.0. The Hall–Kier alpha value is -2.63. The Morgan fingerprint density at radius 2 is 2.00 bits per heavy atom. The zero-order valence-electron chi connectivity index (χ0n) is 13.3. The van der Waals surface area contributed by atoms with Crippen LogP contribution >= 0.6 is 0 Å². The number of nitrogens with zero attached hydrogens (tertiary/aromatic N) is 4. The van der Waals surface area contributed by atoms with Gasteiger partial charge < -0.3 is 10.1 Å². The Labute approximate surface area is 134 Å². The Bertz CT molecular complexity index is 836. The van der Waals surface area contributed by atoms with Gasteiger partial charge in [-0.1, -0.05) is 12.1 Å². The van der Waals surface area contributed by atoms with Gasteiger partial charge in [-0.15, -0.1) is 5.10 Å². The molecule has 0 atom stereocenters. The van der Waals surface area contributed by atoms with Crippen molar-refractivity contribution in [2.75, 3.05) is 12.4 Å². The summed E-state index contributed by atoms with van der Waals surface area (Å²) in [6.07, 6.45) is 2.46. The molecule has 1 aliphatic rings. The molecular weight excluding hydrogens is 290 g/mol. The third-order valence-electron chi connectivity index (χ3n) is 4.07. The molecule has 6 heteroatoms. The highest BCUT2D eigenvalue weighted by atomic mass is 16.5. The molecule has 6 nitrogen and oxygen atoms in total. The molecule has 1 N–H and O–H groups in total. The number of ether oxygens (including phenoxy) is 1. The average Bonchev–Trinajstić information content (AvgIpc) is 3.33. The van der Waals surface area contributed by atoms with Crippen molar-refractivity contribution < 1.29 is 4.74 Å². The van der Waals surface area contributed by atoms with E-state index < -0.39 is 0 Å². The molecular formula is C17H19N5O. The van der Waals surface area contributed by atoms with Gasteiger partial charge in [-0.2, -0.15) is 9.50 Å². The standard InChI is InChI=1S/C17H19N5O/c1-11-9-15(13-5-6-13)22-17(19-11)20-16(21-22)18-10-12-3-7-14(23-2)8-4-12/h3-4,7-9,13H,5-6,10H2,1-2H3,(H,18,21). The lowest BCUT2D eigenvalue weighted by atomic mass is 10.2. The summed E-state index contributed by atoms with van der Waals surface area (Å²) in [6.45, 7) is 2.67. The number of aryl methyl sites for hydroxylation is 1. The number of methoxy groups -OCH3 is 1. The molecule has 1 aliphatic carbocycles. The van der Waals surface area contributed by atoms with Crippen LogP contribution in [0.4, 0.5) is 5.95 Å². The van der Waals surface area contributed by atoms with Crippen LogP contribution in [0, 0.1) is 6.92 Å². The van der Waals surface area contributed by atoms with Crippen molar-refractivity contribution in [2.24, 2.45) is 0 Å². The second-order valence-corrected chi connectivity index (χ2v) is 5.95. The first-order valence-electron chi connectivity index (χ1n) is 7.84. The summed E-state index contributed by atoms with van der Waals surface area (Å²) in [5, 5.41) is 7.84. The smallest absolute Gasteiger partial charge is 0.254 e. The molecule has 1 aromatic carbocycles. The Kier molecular flexibility index (Phi) is 3.37. The summed E-state index contributed by atoms with van der Waals surface area (Å²) >= 11 is 0. The summed E-state index contributed by atoms with van der Waals surface area (Å²) in [6, 6.07) is 10.1. The molecule has 1 fully saturated rings. The van der Waals surface area contributed by atoms with Crippen molar-refractivity contribution in [3.05, 3.63) is 47.3 Å². The maximum atomic E-state index is 5.17. The molecule has 0 bridgehead atoms. The fourth-order valence-corrected chi connectivity index (χ4v) is 2.68. The zero-order chi connectivity index (χ0) is 15.8. The molecule has 118 valence electrons. The van der Waals surface area contributed by atoms with Gasteiger partial charge in [-0.3, -0.25) is 0 Å². The van der Waals surface area contributed by atoms with Gasteiger partial charge in [0.2, 0.25) is 5.95 Å². The van der Waals surface area contributed by atoms with Gasteiger partial charge in [0.15, 0.2) is 0 Å². The molecule has 1 saturated carbocycles. The number of rotatable bonds is 5. The first-order valence-corrected chi connectivity index (χ1v) is 7.84. The van der Waals surface area contributed by atoms with E-state index in [0.717, 1.165) is 17.0 Å². The van der Waals surface area contributed by atoms with Crippen LogP contribution in [0.15, 0.2) is 30.3 Å². The summed E-state index contributed by atoms with van der Waals surface area (Å²) in [5.41, 5.74) is 3.36. The zero-order valence-corrected chi connectivity index (χ0v) is 13.3. The fourth-order valence-electron chi connectivity index (χ4n) is 2.68. The largest absolute Gasteiger partial charge is 0.497 e. The molecule has 3 aromatic rings. The van der Waals surface area contributed by atoms with Crippen LogP contribution in [0.2, 0.25) is 0 Å². The second-order valence-electron chi connectivity index (χ2n) is 5.95. The average molecular weight is 309 g/mol. The van der Waals surface area contributed by atoms with E-state index in [2.05, 4.69) is 26.4 Å². The fraction of sp³-hybridized carbons (Fsp3) is 0.353. The first-order chi connectivity index (χ1) is 11.2. The summed E-state index contributed by atoms with van der Waals surface area (Å²) in [7, 11) is 1.67. The van der Waals surface area contributed by atoms with E-state index in [1.807, 2.05) is 35.7 Å². The van der Waals surface area contributed by atoms with Crippen LogP contribution < -0.4 is 10.1 Å². The molecule has 0 radical (unpaired) electrons. The van der Waals surface area contributed by atoms with Gasteiger partial charge >= 0.3 is 0 Å². The van der Waals surface area contributed by atoms with E-state index in [4.69, 9.17) is 4.74 Å². The molecule has 2 heterocycles. The molecule has 0 amide bonds. The van der Waals surface area contributed by atoms with Gasteiger partial charge in [-0.05, 0) is 43.5 Å². The monoisotopic (exact) mass is 309 g/mol. The van der Waals surface area contributed by atoms with Crippen molar-refractivity contribution in [1.82, 2.24) is 19.6 Å². The van der Waals surface area contributed by atoms with Crippen molar-refractivity contribution in [3.8, 4) is 5.75 Å². The second kappa shape index (κ2) is 5.53. The van der Waals surface area contributed by atoms with Crippen LogP contribution in [0.5, 0.6) is 5.75 Å². The van der Waals surface area contributed by atoms with Crippen molar-refractivity contribution >= 4 is 11.7 Å².